The summed E-state index contributed by atoms with van der Waals surface area (Å²) in [5.74, 6) is -0.222. The van der Waals surface area contributed by atoms with Crippen molar-refractivity contribution in [3.63, 3.8) is 0 Å². The molecule has 1 amide bonds. The summed E-state index contributed by atoms with van der Waals surface area (Å²) in [5.41, 5.74) is -0.194. The van der Waals surface area contributed by atoms with Gasteiger partial charge in [-0.25, -0.2) is 8.42 Å². The van der Waals surface area contributed by atoms with Gasteiger partial charge >= 0.3 is 0 Å². The molecule has 1 fully saturated rings. The Kier molecular flexibility index (Phi) is 5.27. The number of nitro groups is 1. The van der Waals surface area contributed by atoms with Crippen LogP contribution < -0.4 is 14.8 Å². The minimum atomic E-state index is -3.10. The van der Waals surface area contributed by atoms with Crippen LogP contribution in [0.1, 0.15) is 13.3 Å². The third kappa shape index (κ3) is 4.34. The maximum Gasteiger partial charge on any atom is 0.273 e. The van der Waals surface area contributed by atoms with Crippen molar-refractivity contribution in [2.24, 2.45) is 0 Å². The Labute approximate surface area is 139 Å². The lowest BCUT2D eigenvalue weighted by molar-refractivity contribution is -0.385. The molecule has 2 rings (SSSR count). The van der Waals surface area contributed by atoms with Gasteiger partial charge in [0.2, 0.25) is 0 Å². The molecule has 132 valence electrons. The van der Waals surface area contributed by atoms with Crippen LogP contribution in [-0.2, 0) is 14.6 Å². The van der Waals surface area contributed by atoms with Gasteiger partial charge in [0, 0.05) is 12.1 Å². The van der Waals surface area contributed by atoms with E-state index in [2.05, 4.69) is 5.32 Å². The molecule has 0 spiro atoms. The summed E-state index contributed by atoms with van der Waals surface area (Å²) in [6.07, 6.45) is -0.606. The standard InChI is InChI=1S/C14H18N2O7S/c1-9(14(17)15-10-5-6-24(20,21)8-10)23-13-7-11(16(18)19)3-4-12(13)22-2/h3-4,7,9-10H,5-6,8H2,1-2H3,(H,15,17)/t9-,10+/m0/s1. The predicted octanol–water partition coefficient (Wildman–Crippen LogP) is 0.674. The Morgan fingerprint density at radius 2 is 2.12 bits per heavy atom. The van der Waals surface area contributed by atoms with Gasteiger partial charge in [0.25, 0.3) is 11.6 Å². The van der Waals surface area contributed by atoms with Crippen LogP contribution >= 0.6 is 0 Å². The second-order valence-electron chi connectivity index (χ2n) is 5.46. The number of ether oxygens (including phenoxy) is 2. The van der Waals surface area contributed by atoms with E-state index in [9.17, 15) is 23.3 Å². The number of benzene rings is 1. The van der Waals surface area contributed by atoms with Crippen LogP contribution in [0.4, 0.5) is 5.69 Å². The molecule has 10 heteroatoms. The molecule has 0 unspecified atom stereocenters. The zero-order chi connectivity index (χ0) is 17.9. The number of rotatable bonds is 6. The Bertz CT molecular complexity index is 747. The molecule has 0 saturated carbocycles. The maximum atomic E-state index is 12.1. The van der Waals surface area contributed by atoms with Crippen molar-refractivity contribution < 1.29 is 27.6 Å². The largest absolute Gasteiger partial charge is 0.493 e. The Morgan fingerprint density at radius 1 is 1.42 bits per heavy atom. The summed E-state index contributed by atoms with van der Waals surface area (Å²) in [7, 11) is -1.72. The maximum absolute atomic E-state index is 12.1. The van der Waals surface area contributed by atoms with E-state index in [4.69, 9.17) is 9.47 Å². The zero-order valence-electron chi connectivity index (χ0n) is 13.2. The lowest BCUT2D eigenvalue weighted by atomic mass is 10.2. The molecule has 1 N–H and O–H groups in total. The smallest absolute Gasteiger partial charge is 0.273 e. The van der Waals surface area contributed by atoms with Gasteiger partial charge in [-0.2, -0.15) is 0 Å². The number of sulfone groups is 1. The van der Waals surface area contributed by atoms with E-state index in [0.29, 0.717) is 6.42 Å². The van der Waals surface area contributed by atoms with E-state index < -0.39 is 32.8 Å². The normalized spacial score (nSPS) is 20.2. The second-order valence-corrected chi connectivity index (χ2v) is 7.69. The Hall–Kier alpha value is -2.36. The molecule has 0 radical (unpaired) electrons. The Balaban J connectivity index is 2.05. The summed E-state index contributed by atoms with van der Waals surface area (Å²) in [4.78, 5) is 22.4. The highest BCUT2D eigenvalue weighted by Gasteiger charge is 2.30. The first kappa shape index (κ1) is 18.0. The van der Waals surface area contributed by atoms with E-state index in [-0.39, 0.29) is 28.7 Å². The van der Waals surface area contributed by atoms with Crippen molar-refractivity contribution in [1.29, 1.82) is 0 Å². The van der Waals surface area contributed by atoms with E-state index in [1.54, 1.807) is 0 Å². The third-order valence-corrected chi connectivity index (χ3v) is 5.38. The molecule has 0 aromatic heterocycles. The number of non-ortho nitro benzene ring substituents is 1. The van der Waals surface area contributed by atoms with Crippen molar-refractivity contribution >= 4 is 21.4 Å². The molecule has 0 bridgehead atoms. The monoisotopic (exact) mass is 358 g/mol. The van der Waals surface area contributed by atoms with Crippen molar-refractivity contribution in [1.82, 2.24) is 5.32 Å². The second kappa shape index (κ2) is 7.04. The fourth-order valence-corrected chi connectivity index (χ4v) is 4.02. The van der Waals surface area contributed by atoms with Crippen LogP contribution in [-0.4, -0.2) is 50.0 Å². The molecule has 0 aliphatic carbocycles. The van der Waals surface area contributed by atoms with Gasteiger partial charge in [-0.15, -0.1) is 0 Å². The zero-order valence-corrected chi connectivity index (χ0v) is 14.0. The number of carbonyl (C=O) groups excluding carboxylic acids is 1. The number of hydrogen-bond donors (Lipinski definition) is 1. The lowest BCUT2D eigenvalue weighted by Crippen LogP contribution is -2.43. The van der Waals surface area contributed by atoms with Crippen molar-refractivity contribution in [2.75, 3.05) is 18.6 Å². The minimum Gasteiger partial charge on any atom is -0.493 e. The molecule has 2 atom stereocenters. The molecule has 1 aliphatic heterocycles. The number of nitro benzene ring substituents is 1. The van der Waals surface area contributed by atoms with Gasteiger partial charge in [-0.3, -0.25) is 14.9 Å². The fourth-order valence-electron chi connectivity index (χ4n) is 2.34. The van der Waals surface area contributed by atoms with E-state index in [0.717, 1.165) is 0 Å². The molecule has 1 aromatic rings. The first-order valence-electron chi connectivity index (χ1n) is 7.21. The first-order chi connectivity index (χ1) is 11.2. The molecule has 1 heterocycles. The van der Waals surface area contributed by atoms with E-state index in [1.807, 2.05) is 0 Å². The van der Waals surface area contributed by atoms with Crippen LogP contribution in [0.3, 0.4) is 0 Å². The fraction of sp³-hybridized carbons (Fsp3) is 0.500. The molecule has 1 saturated heterocycles. The van der Waals surface area contributed by atoms with Gasteiger partial charge < -0.3 is 14.8 Å². The van der Waals surface area contributed by atoms with Crippen molar-refractivity contribution in [2.45, 2.75) is 25.5 Å². The highest BCUT2D eigenvalue weighted by molar-refractivity contribution is 7.91. The van der Waals surface area contributed by atoms with Gasteiger partial charge in [0.15, 0.2) is 27.4 Å². The summed E-state index contributed by atoms with van der Waals surface area (Å²) < 4.78 is 33.3. The predicted molar refractivity (Wildman–Crippen MR) is 84.9 cm³/mol. The Morgan fingerprint density at radius 3 is 2.67 bits per heavy atom. The van der Waals surface area contributed by atoms with E-state index in [1.165, 1.54) is 32.2 Å². The quantitative estimate of drug-likeness (QED) is 0.585. The summed E-state index contributed by atoms with van der Waals surface area (Å²) in [6.45, 7) is 1.47. The molecular weight excluding hydrogens is 340 g/mol. The average molecular weight is 358 g/mol. The number of amides is 1. The van der Waals surface area contributed by atoms with Gasteiger partial charge in [-0.1, -0.05) is 0 Å². The van der Waals surface area contributed by atoms with Crippen molar-refractivity contribution in [3.05, 3.63) is 28.3 Å². The number of carbonyl (C=O) groups is 1. The number of nitrogens with zero attached hydrogens (tertiary/aromatic N) is 1. The summed E-state index contributed by atoms with van der Waals surface area (Å²) in [6, 6.07) is 3.37. The molecule has 1 aromatic carbocycles. The third-order valence-electron chi connectivity index (χ3n) is 3.61. The highest BCUT2D eigenvalue weighted by Crippen LogP contribution is 2.31. The topological polar surface area (TPSA) is 125 Å². The number of hydrogen-bond acceptors (Lipinski definition) is 7. The summed E-state index contributed by atoms with van der Waals surface area (Å²) in [5, 5.41) is 13.4. The number of nitrogens with one attached hydrogen (secondary N) is 1. The first-order valence-corrected chi connectivity index (χ1v) is 9.04. The highest BCUT2D eigenvalue weighted by atomic mass is 32.2. The van der Waals surface area contributed by atoms with Crippen LogP contribution in [0.5, 0.6) is 11.5 Å². The molecule has 1 aliphatic rings. The van der Waals surface area contributed by atoms with E-state index >= 15 is 0 Å². The lowest BCUT2D eigenvalue weighted by Gasteiger charge is -2.18. The van der Waals surface area contributed by atoms with Gasteiger partial charge in [0.1, 0.15) is 0 Å². The SMILES string of the molecule is COc1ccc([N+](=O)[O-])cc1O[C@@H](C)C(=O)N[C@@H]1CCS(=O)(=O)C1. The van der Waals surface area contributed by atoms with Crippen molar-refractivity contribution in [3.8, 4) is 11.5 Å². The van der Waals surface area contributed by atoms with Crippen LogP contribution in [0.25, 0.3) is 0 Å². The van der Waals surface area contributed by atoms with Crippen LogP contribution in [0.15, 0.2) is 18.2 Å². The van der Waals surface area contributed by atoms with Crippen LogP contribution in [0.2, 0.25) is 0 Å². The minimum absolute atomic E-state index is 0.0475. The van der Waals surface area contributed by atoms with Gasteiger partial charge in [-0.05, 0) is 19.4 Å². The molecule has 9 nitrogen and oxygen atoms in total. The molecular formula is C14H18N2O7S. The summed E-state index contributed by atoms with van der Waals surface area (Å²) >= 11 is 0. The number of methoxy groups -OCH3 is 1. The molecule has 24 heavy (non-hydrogen) atoms. The van der Waals surface area contributed by atoms with Crippen LogP contribution in [0, 0.1) is 10.1 Å². The average Bonchev–Trinajstić information content (AvgIpc) is 2.85. The van der Waals surface area contributed by atoms with Gasteiger partial charge in [0.05, 0.1) is 29.6 Å².